The van der Waals surface area contributed by atoms with Crippen LogP contribution in [0.25, 0.3) is 0 Å². The van der Waals surface area contributed by atoms with E-state index in [-0.39, 0.29) is 17.6 Å². The molecule has 0 aliphatic heterocycles. The van der Waals surface area contributed by atoms with Crippen LogP contribution in [0.1, 0.15) is 45.9 Å². The van der Waals surface area contributed by atoms with E-state index < -0.39 is 0 Å². The lowest BCUT2D eigenvalue weighted by Gasteiger charge is -2.28. The fourth-order valence-corrected chi connectivity index (χ4v) is 2.55. The molecular formula is C13H22BrNO2. The minimum Gasteiger partial charge on any atom is -0.466 e. The fraction of sp³-hybridized carbons (Fsp3) is 0.692. The van der Waals surface area contributed by atoms with Gasteiger partial charge in [-0.1, -0.05) is 13.8 Å². The topological polar surface area (TPSA) is 45.4 Å². The lowest BCUT2D eigenvalue weighted by Crippen LogP contribution is -2.33. The van der Waals surface area contributed by atoms with E-state index in [9.17, 15) is 5.11 Å². The maximum Gasteiger partial charge on any atom is 0.134 e. The largest absolute Gasteiger partial charge is 0.466 e. The Bertz CT molecular complexity index is 347. The lowest BCUT2D eigenvalue weighted by molar-refractivity contribution is 0.126. The monoisotopic (exact) mass is 303 g/mol. The number of hydrogen-bond acceptors (Lipinski definition) is 3. The second-order valence-electron chi connectivity index (χ2n) is 5.45. The molecule has 2 unspecified atom stereocenters. The van der Waals surface area contributed by atoms with Crippen molar-refractivity contribution in [1.29, 1.82) is 0 Å². The molecule has 0 radical (unpaired) electrons. The molecule has 0 fully saturated rings. The average molecular weight is 304 g/mol. The van der Waals surface area contributed by atoms with Gasteiger partial charge in [0.05, 0.1) is 22.9 Å². The second-order valence-corrected chi connectivity index (χ2v) is 6.31. The molecule has 98 valence electrons. The first kappa shape index (κ1) is 14.7. The van der Waals surface area contributed by atoms with Crippen LogP contribution in [0.3, 0.4) is 0 Å². The van der Waals surface area contributed by atoms with Crippen molar-refractivity contribution >= 4 is 15.9 Å². The predicted octanol–water partition coefficient (Wildman–Crippen LogP) is 3.49. The lowest BCUT2D eigenvalue weighted by atomic mass is 9.87. The minimum absolute atomic E-state index is 0.0709. The van der Waals surface area contributed by atoms with Crippen molar-refractivity contribution in [3.05, 3.63) is 22.6 Å². The van der Waals surface area contributed by atoms with Gasteiger partial charge in [-0.25, -0.2) is 0 Å². The van der Waals surface area contributed by atoms with E-state index in [1.807, 2.05) is 13.0 Å². The Morgan fingerprint density at radius 2 is 2.12 bits per heavy atom. The zero-order chi connectivity index (χ0) is 13.1. The third-order valence-electron chi connectivity index (χ3n) is 2.77. The normalized spacial score (nSPS) is 15.9. The maximum atomic E-state index is 9.43. The molecule has 3 nitrogen and oxygen atoms in total. The predicted molar refractivity (Wildman–Crippen MR) is 72.9 cm³/mol. The molecule has 0 spiro atoms. The van der Waals surface area contributed by atoms with Gasteiger partial charge in [-0.3, -0.25) is 0 Å². The Labute approximate surface area is 112 Å². The van der Waals surface area contributed by atoms with Crippen molar-refractivity contribution in [2.75, 3.05) is 6.54 Å². The molecule has 17 heavy (non-hydrogen) atoms. The summed E-state index contributed by atoms with van der Waals surface area (Å²) in [6.07, 6.45) is 2.20. The molecule has 0 aliphatic carbocycles. The van der Waals surface area contributed by atoms with Crippen LogP contribution in [-0.2, 0) is 0 Å². The summed E-state index contributed by atoms with van der Waals surface area (Å²) < 4.78 is 6.41. The zero-order valence-corrected chi connectivity index (χ0v) is 12.5. The first-order chi connectivity index (χ1) is 7.82. The van der Waals surface area contributed by atoms with Crippen LogP contribution in [-0.4, -0.2) is 17.8 Å². The Morgan fingerprint density at radius 3 is 2.59 bits per heavy atom. The van der Waals surface area contributed by atoms with Crippen LogP contribution < -0.4 is 5.32 Å². The molecule has 1 rings (SSSR count). The summed E-state index contributed by atoms with van der Waals surface area (Å²) in [5, 5.41) is 12.9. The number of aliphatic hydroxyl groups is 1. The highest BCUT2D eigenvalue weighted by Crippen LogP contribution is 2.26. The molecule has 1 aromatic rings. The summed E-state index contributed by atoms with van der Waals surface area (Å²) in [6, 6.07) is 2.06. The van der Waals surface area contributed by atoms with Crippen LogP contribution in [0.4, 0.5) is 0 Å². The van der Waals surface area contributed by atoms with Crippen molar-refractivity contribution < 1.29 is 9.52 Å². The van der Waals surface area contributed by atoms with Crippen LogP contribution >= 0.6 is 15.9 Å². The number of rotatable bonds is 6. The number of furan rings is 1. The first-order valence-corrected chi connectivity index (χ1v) is 6.75. The summed E-state index contributed by atoms with van der Waals surface area (Å²) in [5.74, 6) is 0.915. The van der Waals surface area contributed by atoms with Gasteiger partial charge in [0.2, 0.25) is 0 Å². The molecule has 0 bridgehead atoms. The molecular weight excluding hydrogens is 282 g/mol. The van der Waals surface area contributed by atoms with E-state index in [1.54, 1.807) is 6.26 Å². The Morgan fingerprint density at radius 1 is 1.47 bits per heavy atom. The highest BCUT2D eigenvalue weighted by Gasteiger charge is 2.22. The van der Waals surface area contributed by atoms with Crippen LogP contribution in [0, 0.1) is 5.41 Å². The first-order valence-electron chi connectivity index (χ1n) is 5.96. The quantitative estimate of drug-likeness (QED) is 0.845. The van der Waals surface area contributed by atoms with Gasteiger partial charge < -0.3 is 14.8 Å². The van der Waals surface area contributed by atoms with E-state index in [0.29, 0.717) is 0 Å². The molecule has 0 saturated carbocycles. The van der Waals surface area contributed by atoms with Crippen molar-refractivity contribution in [1.82, 2.24) is 5.32 Å². The molecule has 0 aromatic carbocycles. The van der Waals surface area contributed by atoms with Gasteiger partial charge >= 0.3 is 0 Å². The van der Waals surface area contributed by atoms with Gasteiger partial charge in [-0.05, 0) is 47.7 Å². The zero-order valence-electron chi connectivity index (χ0n) is 11.0. The molecule has 4 heteroatoms. The minimum atomic E-state index is -0.266. The third kappa shape index (κ3) is 4.82. The number of nitrogens with one attached hydrogen (secondary N) is 1. The summed E-state index contributed by atoms with van der Waals surface area (Å²) >= 11 is 3.45. The van der Waals surface area contributed by atoms with Gasteiger partial charge in [0, 0.05) is 6.54 Å². The van der Waals surface area contributed by atoms with Crippen molar-refractivity contribution in [3.8, 4) is 0 Å². The third-order valence-corrected chi connectivity index (χ3v) is 3.43. The smallest absolute Gasteiger partial charge is 0.134 e. The van der Waals surface area contributed by atoms with E-state index in [4.69, 9.17) is 4.42 Å². The van der Waals surface area contributed by atoms with Crippen LogP contribution in [0.2, 0.25) is 0 Å². The SMILES string of the molecule is CC(O)CC(C)(C)CNC(C)c1occc1Br. The summed E-state index contributed by atoms with van der Waals surface area (Å²) in [7, 11) is 0. The van der Waals surface area contributed by atoms with Crippen LogP contribution in [0.15, 0.2) is 21.2 Å². The van der Waals surface area contributed by atoms with E-state index in [2.05, 4.69) is 42.0 Å². The fourth-order valence-electron chi connectivity index (χ4n) is 2.01. The second kappa shape index (κ2) is 6.03. The Hall–Kier alpha value is -0.320. The molecule has 1 heterocycles. The van der Waals surface area contributed by atoms with Crippen molar-refractivity contribution in [2.45, 2.75) is 46.3 Å². The van der Waals surface area contributed by atoms with Gasteiger partial charge in [0.25, 0.3) is 0 Å². The number of hydrogen-bond donors (Lipinski definition) is 2. The van der Waals surface area contributed by atoms with Crippen molar-refractivity contribution in [2.24, 2.45) is 5.41 Å². The van der Waals surface area contributed by atoms with Gasteiger partial charge in [-0.15, -0.1) is 0 Å². The molecule has 0 aliphatic rings. The van der Waals surface area contributed by atoms with Crippen molar-refractivity contribution in [3.63, 3.8) is 0 Å². The highest BCUT2D eigenvalue weighted by atomic mass is 79.9. The van der Waals surface area contributed by atoms with E-state index >= 15 is 0 Å². The molecule has 0 saturated heterocycles. The van der Waals surface area contributed by atoms with Gasteiger partial charge in [0.15, 0.2) is 0 Å². The Kier molecular flexibility index (Phi) is 5.22. The summed E-state index contributed by atoms with van der Waals surface area (Å²) in [6.45, 7) is 9.04. The molecule has 2 N–H and O–H groups in total. The Balaban J connectivity index is 2.48. The molecule has 2 atom stereocenters. The average Bonchev–Trinajstić information content (AvgIpc) is 2.59. The standard InChI is InChI=1S/C13H22BrNO2/c1-9(16)7-13(3,4)8-15-10(2)12-11(14)5-6-17-12/h5-6,9-10,15-16H,7-8H2,1-4H3. The van der Waals surface area contributed by atoms with Gasteiger partial charge in [-0.2, -0.15) is 0 Å². The van der Waals surface area contributed by atoms with Gasteiger partial charge in [0.1, 0.15) is 5.76 Å². The molecule has 0 amide bonds. The number of halogens is 1. The van der Waals surface area contributed by atoms with E-state index in [1.165, 1.54) is 0 Å². The highest BCUT2D eigenvalue weighted by molar-refractivity contribution is 9.10. The summed E-state index contributed by atoms with van der Waals surface area (Å²) in [4.78, 5) is 0. The summed E-state index contributed by atoms with van der Waals surface area (Å²) in [5.41, 5.74) is 0.0709. The van der Waals surface area contributed by atoms with E-state index in [0.717, 1.165) is 23.2 Å². The maximum absolute atomic E-state index is 9.43. The van der Waals surface area contributed by atoms with Crippen LogP contribution in [0.5, 0.6) is 0 Å². The number of aliphatic hydroxyl groups excluding tert-OH is 1. The molecule has 1 aromatic heterocycles.